The zero-order valence-corrected chi connectivity index (χ0v) is 20.8. The third-order valence-electron chi connectivity index (χ3n) is 7.45. The maximum absolute atomic E-state index is 13.0. The summed E-state index contributed by atoms with van der Waals surface area (Å²) in [5, 5.41) is 26.3. The number of piperazine rings is 1. The van der Waals surface area contributed by atoms with Crippen LogP contribution in [0.3, 0.4) is 0 Å². The number of nitrogens with zero attached hydrogens (tertiary/aromatic N) is 1. The number of benzene rings is 3. The molecular formula is C28H32BN3O4. The van der Waals surface area contributed by atoms with Gasteiger partial charge in [0.2, 0.25) is 0 Å². The minimum atomic E-state index is -1.63. The Bertz CT molecular complexity index is 1230. The first-order valence-electron chi connectivity index (χ1n) is 12.5. The number of ether oxygens (including phenoxy) is 1. The fraction of sp³-hybridized carbons (Fsp3) is 0.321. The van der Waals surface area contributed by atoms with Crippen LogP contribution in [-0.4, -0.2) is 60.9 Å². The fourth-order valence-electron chi connectivity index (χ4n) is 5.46. The van der Waals surface area contributed by atoms with Gasteiger partial charge in [-0.1, -0.05) is 54.6 Å². The lowest BCUT2D eigenvalue weighted by Crippen LogP contribution is -2.43. The van der Waals surface area contributed by atoms with E-state index in [2.05, 4.69) is 39.8 Å². The van der Waals surface area contributed by atoms with Crippen LogP contribution < -0.4 is 16.1 Å². The van der Waals surface area contributed by atoms with Gasteiger partial charge in [0.15, 0.2) is 0 Å². The van der Waals surface area contributed by atoms with E-state index in [4.69, 9.17) is 4.74 Å². The molecule has 8 heteroatoms. The van der Waals surface area contributed by atoms with Gasteiger partial charge in [0.25, 0.3) is 0 Å². The number of rotatable bonds is 6. The highest BCUT2D eigenvalue weighted by molar-refractivity contribution is 6.59. The van der Waals surface area contributed by atoms with Crippen molar-refractivity contribution in [1.82, 2.24) is 10.2 Å². The van der Waals surface area contributed by atoms with E-state index in [9.17, 15) is 14.8 Å². The molecule has 0 bridgehead atoms. The quantitative estimate of drug-likeness (QED) is 0.402. The summed E-state index contributed by atoms with van der Waals surface area (Å²) in [5.74, 6) is -0.0285. The van der Waals surface area contributed by atoms with Gasteiger partial charge in [0.05, 0.1) is 0 Å². The van der Waals surface area contributed by atoms with E-state index in [1.54, 1.807) is 6.92 Å². The first-order chi connectivity index (χ1) is 17.4. The Hall–Kier alpha value is -3.17. The van der Waals surface area contributed by atoms with E-state index in [1.165, 1.54) is 11.1 Å². The Kier molecular flexibility index (Phi) is 7.12. The molecule has 5 rings (SSSR count). The molecule has 1 aliphatic heterocycles. The first-order valence-corrected chi connectivity index (χ1v) is 12.5. The number of anilines is 1. The topological polar surface area (TPSA) is 94.1 Å². The Morgan fingerprint density at radius 2 is 1.64 bits per heavy atom. The second-order valence-corrected chi connectivity index (χ2v) is 9.60. The van der Waals surface area contributed by atoms with Crippen LogP contribution in [0.2, 0.25) is 0 Å². The predicted molar refractivity (Wildman–Crippen MR) is 143 cm³/mol. The number of fused-ring (bicyclic) bond motifs is 3. The SMILES string of the molecule is Cc1c(CN2CCNCC2)cc(B(O)O)c(C)c1NC(=O)OCC1c2ccccc2-c2ccccc21. The fourth-order valence-corrected chi connectivity index (χ4v) is 5.46. The van der Waals surface area contributed by atoms with E-state index in [0.29, 0.717) is 23.3 Å². The summed E-state index contributed by atoms with van der Waals surface area (Å²) in [6.45, 7) is 8.31. The van der Waals surface area contributed by atoms with Gasteiger partial charge in [0, 0.05) is 44.3 Å². The van der Waals surface area contributed by atoms with Crippen LogP contribution in [0.15, 0.2) is 54.6 Å². The summed E-state index contributed by atoms with van der Waals surface area (Å²) in [6, 6.07) is 18.3. The van der Waals surface area contributed by atoms with Gasteiger partial charge >= 0.3 is 13.2 Å². The lowest BCUT2D eigenvalue weighted by Gasteiger charge is -2.29. The molecule has 0 radical (unpaired) electrons. The summed E-state index contributed by atoms with van der Waals surface area (Å²) in [7, 11) is -1.63. The monoisotopic (exact) mass is 485 g/mol. The summed E-state index contributed by atoms with van der Waals surface area (Å²) in [5.41, 5.74) is 8.11. The molecular weight excluding hydrogens is 453 g/mol. The zero-order valence-electron chi connectivity index (χ0n) is 20.8. The molecule has 1 aliphatic carbocycles. The molecule has 1 saturated heterocycles. The van der Waals surface area contributed by atoms with Gasteiger partial charge < -0.3 is 20.1 Å². The molecule has 7 nitrogen and oxygen atoms in total. The second-order valence-electron chi connectivity index (χ2n) is 9.60. The van der Waals surface area contributed by atoms with Crippen LogP contribution in [0.5, 0.6) is 0 Å². The summed E-state index contributed by atoms with van der Waals surface area (Å²) >= 11 is 0. The number of amides is 1. The van der Waals surface area contributed by atoms with Crippen molar-refractivity contribution in [1.29, 1.82) is 0 Å². The molecule has 1 heterocycles. The molecule has 0 atom stereocenters. The Balaban J connectivity index is 1.35. The molecule has 4 N–H and O–H groups in total. The smallest absolute Gasteiger partial charge is 0.448 e. The number of carbonyl (C=O) groups excluding carboxylic acids is 1. The van der Waals surface area contributed by atoms with Crippen molar-refractivity contribution < 1.29 is 19.6 Å². The van der Waals surface area contributed by atoms with E-state index in [0.717, 1.165) is 48.4 Å². The van der Waals surface area contributed by atoms with Crippen molar-refractivity contribution in [2.75, 3.05) is 38.1 Å². The lowest BCUT2D eigenvalue weighted by atomic mass is 9.75. The lowest BCUT2D eigenvalue weighted by molar-refractivity contribution is 0.158. The number of hydrogen-bond acceptors (Lipinski definition) is 6. The van der Waals surface area contributed by atoms with Gasteiger partial charge in [0.1, 0.15) is 6.61 Å². The van der Waals surface area contributed by atoms with Crippen LogP contribution in [0, 0.1) is 13.8 Å². The molecule has 0 spiro atoms. The molecule has 186 valence electrons. The summed E-state index contributed by atoms with van der Waals surface area (Å²) in [4.78, 5) is 15.3. The third kappa shape index (κ3) is 4.77. The highest BCUT2D eigenvalue weighted by Crippen LogP contribution is 2.44. The molecule has 0 aromatic heterocycles. The Morgan fingerprint density at radius 3 is 2.25 bits per heavy atom. The molecule has 1 fully saturated rings. The third-order valence-corrected chi connectivity index (χ3v) is 7.45. The molecule has 3 aromatic carbocycles. The van der Waals surface area contributed by atoms with Crippen molar-refractivity contribution >= 4 is 24.4 Å². The number of carbonyl (C=O) groups is 1. The van der Waals surface area contributed by atoms with Crippen molar-refractivity contribution in [3.63, 3.8) is 0 Å². The maximum atomic E-state index is 13.0. The van der Waals surface area contributed by atoms with Crippen LogP contribution in [0.4, 0.5) is 10.5 Å². The molecule has 1 amide bonds. The Labute approximate surface area is 212 Å². The van der Waals surface area contributed by atoms with Crippen molar-refractivity contribution in [2.24, 2.45) is 0 Å². The average Bonchev–Trinajstić information content (AvgIpc) is 3.21. The average molecular weight is 485 g/mol. The molecule has 0 saturated carbocycles. The van der Waals surface area contributed by atoms with Crippen molar-refractivity contribution in [3.8, 4) is 11.1 Å². The maximum Gasteiger partial charge on any atom is 0.488 e. The molecule has 36 heavy (non-hydrogen) atoms. The van der Waals surface area contributed by atoms with Gasteiger partial charge in [-0.25, -0.2) is 4.79 Å². The largest absolute Gasteiger partial charge is 0.488 e. The van der Waals surface area contributed by atoms with E-state index in [-0.39, 0.29) is 12.5 Å². The molecule has 3 aromatic rings. The second kappa shape index (κ2) is 10.4. The van der Waals surface area contributed by atoms with E-state index < -0.39 is 13.2 Å². The van der Waals surface area contributed by atoms with Crippen LogP contribution in [0.1, 0.15) is 33.7 Å². The van der Waals surface area contributed by atoms with Gasteiger partial charge in [-0.05, 0) is 58.3 Å². The predicted octanol–water partition coefficient (Wildman–Crippen LogP) is 2.75. The van der Waals surface area contributed by atoms with Crippen molar-refractivity contribution in [2.45, 2.75) is 26.3 Å². The highest BCUT2D eigenvalue weighted by atomic mass is 16.5. The van der Waals surface area contributed by atoms with Crippen LogP contribution in [-0.2, 0) is 11.3 Å². The number of hydrogen-bond donors (Lipinski definition) is 4. The van der Waals surface area contributed by atoms with Gasteiger partial charge in [-0.3, -0.25) is 10.2 Å². The Morgan fingerprint density at radius 1 is 1.03 bits per heavy atom. The standard InChI is InChI=1S/C28H32BN3O4/c1-18-20(16-32-13-11-30-12-14-32)15-26(29(34)35)19(2)27(18)31-28(33)36-17-25-23-9-5-3-7-21(23)22-8-4-6-10-24(22)25/h3-10,15,25,30,34-35H,11-14,16-17H2,1-2H3,(H,31,33). The summed E-state index contributed by atoms with van der Waals surface area (Å²) < 4.78 is 5.75. The minimum Gasteiger partial charge on any atom is -0.448 e. The highest BCUT2D eigenvalue weighted by Gasteiger charge is 2.29. The molecule has 2 aliphatic rings. The zero-order chi connectivity index (χ0) is 25.2. The normalized spacial score (nSPS) is 15.3. The van der Waals surface area contributed by atoms with Crippen LogP contribution in [0.25, 0.3) is 11.1 Å². The van der Waals surface area contributed by atoms with Gasteiger partial charge in [-0.15, -0.1) is 0 Å². The van der Waals surface area contributed by atoms with Gasteiger partial charge in [-0.2, -0.15) is 0 Å². The number of nitrogens with one attached hydrogen (secondary N) is 2. The summed E-state index contributed by atoms with van der Waals surface area (Å²) in [6.07, 6.45) is -0.555. The first kappa shape index (κ1) is 24.5. The molecule has 0 unspecified atom stereocenters. The minimum absolute atomic E-state index is 0.0285. The van der Waals surface area contributed by atoms with E-state index >= 15 is 0 Å². The van der Waals surface area contributed by atoms with Crippen LogP contribution >= 0.6 is 0 Å². The van der Waals surface area contributed by atoms with E-state index in [1.807, 2.05) is 37.3 Å². The van der Waals surface area contributed by atoms with Crippen molar-refractivity contribution in [3.05, 3.63) is 82.4 Å².